The molecule has 3 atom stereocenters. The van der Waals surface area contributed by atoms with Crippen LogP contribution in [0, 0.1) is 0 Å². The molecule has 0 radical (unpaired) electrons. The van der Waals surface area contributed by atoms with Crippen molar-refractivity contribution in [2.45, 2.75) is 83.0 Å². The van der Waals surface area contributed by atoms with Gasteiger partial charge in [0.15, 0.2) is 0 Å². The minimum absolute atomic E-state index is 0.174. The van der Waals surface area contributed by atoms with Gasteiger partial charge in [0.2, 0.25) is 0 Å². The molecule has 1 saturated carbocycles. The van der Waals surface area contributed by atoms with Crippen LogP contribution in [0.3, 0.4) is 0 Å². The van der Waals surface area contributed by atoms with E-state index in [4.69, 9.17) is 10.5 Å². The van der Waals surface area contributed by atoms with Gasteiger partial charge in [-0.1, -0.05) is 6.42 Å². The molecule has 21 heavy (non-hydrogen) atoms. The summed E-state index contributed by atoms with van der Waals surface area (Å²) in [7, 11) is 0. The van der Waals surface area contributed by atoms with Crippen molar-refractivity contribution in [3.63, 3.8) is 0 Å². The number of carbonyl (C=O) groups is 1. The Morgan fingerprint density at radius 3 is 2.71 bits per heavy atom. The summed E-state index contributed by atoms with van der Waals surface area (Å²) in [6.07, 6.45) is 6.56. The molecule has 2 aliphatic rings. The van der Waals surface area contributed by atoms with E-state index in [2.05, 4.69) is 5.32 Å². The fourth-order valence-corrected chi connectivity index (χ4v) is 3.32. The average Bonchev–Trinajstić information content (AvgIpc) is 2.83. The van der Waals surface area contributed by atoms with E-state index >= 15 is 0 Å². The Morgan fingerprint density at radius 1 is 1.29 bits per heavy atom. The Kier molecular flexibility index (Phi) is 5.49. The number of nitrogens with zero attached hydrogens (tertiary/aromatic N) is 1. The highest BCUT2D eigenvalue weighted by Gasteiger charge is 2.32. The number of likely N-dealkylation sites (tertiary alicyclic amines) is 1. The van der Waals surface area contributed by atoms with E-state index < -0.39 is 5.60 Å². The zero-order valence-electron chi connectivity index (χ0n) is 13.7. The fourth-order valence-electron chi connectivity index (χ4n) is 3.32. The first-order valence-electron chi connectivity index (χ1n) is 8.34. The van der Waals surface area contributed by atoms with Crippen molar-refractivity contribution in [2.75, 3.05) is 13.1 Å². The Balaban J connectivity index is 1.80. The van der Waals surface area contributed by atoms with E-state index in [1.54, 1.807) is 0 Å². The van der Waals surface area contributed by atoms with Crippen LogP contribution in [-0.2, 0) is 4.74 Å². The lowest BCUT2D eigenvalue weighted by atomic mass is 9.91. The van der Waals surface area contributed by atoms with Gasteiger partial charge in [-0.3, -0.25) is 0 Å². The molecule has 0 bridgehead atoms. The van der Waals surface area contributed by atoms with Gasteiger partial charge in [0.05, 0.1) is 0 Å². The van der Waals surface area contributed by atoms with Crippen LogP contribution in [0.25, 0.3) is 0 Å². The molecule has 1 amide bonds. The summed E-state index contributed by atoms with van der Waals surface area (Å²) in [6.45, 7) is 7.41. The molecule has 1 saturated heterocycles. The summed E-state index contributed by atoms with van der Waals surface area (Å²) in [6, 6.07) is 1.11. The molecule has 122 valence electrons. The SMILES string of the molecule is CC(C)(C)OC(=O)N1CCCC1CNC1CCCC(N)C1. The summed E-state index contributed by atoms with van der Waals surface area (Å²) < 4.78 is 5.50. The monoisotopic (exact) mass is 297 g/mol. The van der Waals surface area contributed by atoms with Crippen molar-refractivity contribution in [1.29, 1.82) is 0 Å². The number of nitrogens with two attached hydrogens (primary N) is 1. The highest BCUT2D eigenvalue weighted by atomic mass is 16.6. The fraction of sp³-hybridized carbons (Fsp3) is 0.938. The van der Waals surface area contributed by atoms with Gasteiger partial charge in [0, 0.05) is 31.2 Å². The predicted octanol–water partition coefficient (Wildman–Crippen LogP) is 2.25. The molecule has 5 nitrogen and oxygen atoms in total. The second-order valence-electron chi connectivity index (χ2n) is 7.50. The normalized spacial score (nSPS) is 30.5. The molecule has 0 spiro atoms. The molecule has 2 fully saturated rings. The predicted molar refractivity (Wildman–Crippen MR) is 84.2 cm³/mol. The van der Waals surface area contributed by atoms with E-state index in [1.807, 2.05) is 25.7 Å². The molecular formula is C16H31N3O2. The molecule has 1 aliphatic carbocycles. The van der Waals surface area contributed by atoms with Gasteiger partial charge in [-0.15, -0.1) is 0 Å². The molecule has 2 rings (SSSR count). The van der Waals surface area contributed by atoms with Crippen molar-refractivity contribution < 1.29 is 9.53 Å². The highest BCUT2D eigenvalue weighted by molar-refractivity contribution is 5.69. The quantitative estimate of drug-likeness (QED) is 0.838. The van der Waals surface area contributed by atoms with Crippen LogP contribution in [0.4, 0.5) is 4.79 Å². The first-order valence-corrected chi connectivity index (χ1v) is 8.34. The van der Waals surface area contributed by atoms with Gasteiger partial charge in [-0.05, 0) is 52.9 Å². The molecule has 3 N–H and O–H groups in total. The van der Waals surface area contributed by atoms with Gasteiger partial charge in [-0.25, -0.2) is 4.79 Å². The van der Waals surface area contributed by atoms with Crippen molar-refractivity contribution >= 4 is 6.09 Å². The van der Waals surface area contributed by atoms with E-state index in [0.717, 1.165) is 38.8 Å². The van der Waals surface area contributed by atoms with Crippen LogP contribution in [-0.4, -0.2) is 47.8 Å². The molecule has 0 aromatic rings. The van der Waals surface area contributed by atoms with Crippen molar-refractivity contribution in [3.8, 4) is 0 Å². The molecule has 0 aromatic carbocycles. The highest BCUT2D eigenvalue weighted by Crippen LogP contribution is 2.22. The zero-order chi connectivity index (χ0) is 15.5. The average molecular weight is 297 g/mol. The Morgan fingerprint density at radius 2 is 2.05 bits per heavy atom. The summed E-state index contributed by atoms with van der Waals surface area (Å²) >= 11 is 0. The second-order valence-corrected chi connectivity index (χ2v) is 7.50. The van der Waals surface area contributed by atoms with Gasteiger partial charge < -0.3 is 20.7 Å². The summed E-state index contributed by atoms with van der Waals surface area (Å²) in [5.74, 6) is 0. The molecule has 0 aromatic heterocycles. The van der Waals surface area contributed by atoms with Crippen LogP contribution in [0.5, 0.6) is 0 Å². The molecular weight excluding hydrogens is 266 g/mol. The lowest BCUT2D eigenvalue weighted by Gasteiger charge is -2.32. The Hall–Kier alpha value is -0.810. The maximum Gasteiger partial charge on any atom is 0.410 e. The standard InChI is InChI=1S/C16H31N3O2/c1-16(2,3)21-15(20)19-9-5-8-14(19)11-18-13-7-4-6-12(17)10-13/h12-14,18H,4-11,17H2,1-3H3. The van der Waals surface area contributed by atoms with E-state index in [9.17, 15) is 4.79 Å². The third-order valence-corrected chi connectivity index (χ3v) is 4.36. The second kappa shape index (κ2) is 6.97. The number of hydrogen-bond donors (Lipinski definition) is 2. The maximum absolute atomic E-state index is 12.2. The minimum Gasteiger partial charge on any atom is -0.444 e. The van der Waals surface area contributed by atoms with E-state index in [1.165, 1.54) is 12.8 Å². The van der Waals surface area contributed by atoms with Crippen molar-refractivity contribution in [1.82, 2.24) is 10.2 Å². The summed E-state index contributed by atoms with van der Waals surface area (Å²) in [5, 5.41) is 3.61. The van der Waals surface area contributed by atoms with Gasteiger partial charge in [0.1, 0.15) is 5.60 Å². The van der Waals surface area contributed by atoms with Gasteiger partial charge in [0.25, 0.3) is 0 Å². The van der Waals surface area contributed by atoms with Gasteiger partial charge >= 0.3 is 6.09 Å². The third-order valence-electron chi connectivity index (χ3n) is 4.36. The summed E-state index contributed by atoms with van der Waals surface area (Å²) in [4.78, 5) is 14.1. The largest absolute Gasteiger partial charge is 0.444 e. The zero-order valence-corrected chi connectivity index (χ0v) is 13.7. The number of ether oxygens (including phenoxy) is 1. The van der Waals surface area contributed by atoms with Crippen LogP contribution >= 0.6 is 0 Å². The molecule has 3 unspecified atom stereocenters. The molecule has 1 heterocycles. The van der Waals surface area contributed by atoms with E-state index in [0.29, 0.717) is 12.1 Å². The minimum atomic E-state index is -0.423. The lowest BCUT2D eigenvalue weighted by Crippen LogP contribution is -2.47. The van der Waals surface area contributed by atoms with Crippen LogP contribution in [0.1, 0.15) is 59.3 Å². The molecule has 1 aliphatic heterocycles. The number of nitrogens with one attached hydrogen (secondary N) is 1. The number of hydrogen-bond acceptors (Lipinski definition) is 4. The van der Waals surface area contributed by atoms with Crippen LogP contribution in [0.15, 0.2) is 0 Å². The number of amides is 1. The smallest absolute Gasteiger partial charge is 0.410 e. The number of rotatable bonds is 3. The molecule has 5 heteroatoms. The Bertz CT molecular complexity index is 354. The number of carbonyl (C=O) groups excluding carboxylic acids is 1. The maximum atomic E-state index is 12.2. The van der Waals surface area contributed by atoms with Crippen LogP contribution < -0.4 is 11.1 Å². The van der Waals surface area contributed by atoms with Crippen molar-refractivity contribution in [2.24, 2.45) is 5.73 Å². The van der Waals surface area contributed by atoms with E-state index in [-0.39, 0.29) is 12.1 Å². The first-order chi connectivity index (χ1) is 9.85. The summed E-state index contributed by atoms with van der Waals surface area (Å²) in [5.41, 5.74) is 5.61. The van der Waals surface area contributed by atoms with Crippen molar-refractivity contribution in [3.05, 3.63) is 0 Å². The van der Waals surface area contributed by atoms with Gasteiger partial charge in [-0.2, -0.15) is 0 Å². The van der Waals surface area contributed by atoms with Crippen LogP contribution in [0.2, 0.25) is 0 Å². The Labute approximate surface area is 128 Å². The first kappa shape index (κ1) is 16.6. The third kappa shape index (κ3) is 5.15. The lowest BCUT2D eigenvalue weighted by molar-refractivity contribution is 0.0223. The topological polar surface area (TPSA) is 67.6 Å².